The molecule has 0 spiro atoms. The summed E-state index contributed by atoms with van der Waals surface area (Å²) in [4.78, 5) is 22.6. The maximum Gasteiger partial charge on any atom is 2.00 e. The van der Waals surface area contributed by atoms with E-state index in [9.17, 15) is 14.9 Å². The Morgan fingerprint density at radius 2 is 1.32 bits per heavy atom. The first-order valence-corrected chi connectivity index (χ1v) is 8.79. The maximum absolute atomic E-state index is 11.9. The molecule has 0 heterocycles. The van der Waals surface area contributed by atoms with E-state index in [1.54, 1.807) is 0 Å². The molecule has 0 aliphatic carbocycles. The molecule has 0 saturated carbocycles. The molecule has 0 aromatic carbocycles. The summed E-state index contributed by atoms with van der Waals surface area (Å²) in [5, 5.41) is 11.0. The number of nitrogens with zero attached hydrogens (tertiary/aromatic N) is 1. The monoisotopic (exact) mass is 339 g/mol. The first kappa shape index (κ1) is 24.6. The van der Waals surface area contributed by atoms with E-state index in [0.29, 0.717) is 12.8 Å². The van der Waals surface area contributed by atoms with Gasteiger partial charge in [-0.05, 0) is 12.8 Å². The topological polar surface area (TPSA) is 60.2 Å². The molecule has 124 valence electrons. The van der Waals surface area contributed by atoms with Crippen molar-refractivity contribution in [3.63, 3.8) is 0 Å². The van der Waals surface area contributed by atoms with Gasteiger partial charge in [-0.15, -0.1) is 0 Å². The van der Waals surface area contributed by atoms with Crippen molar-refractivity contribution in [3.8, 4) is 0 Å². The van der Waals surface area contributed by atoms with Gasteiger partial charge in [0.1, 0.15) is 0 Å². The fraction of sp³-hybridized carbons (Fsp3) is 0.941. The van der Waals surface area contributed by atoms with Crippen molar-refractivity contribution < 1.29 is 9.72 Å². The Kier molecular flexibility index (Phi) is 19.8. The molecule has 0 saturated heterocycles. The Hall–Kier alpha value is 0.330. The van der Waals surface area contributed by atoms with E-state index in [1.807, 2.05) is 0 Å². The molecule has 1 unspecified atom stereocenters. The van der Waals surface area contributed by atoms with Crippen molar-refractivity contribution in [3.05, 3.63) is 10.1 Å². The Labute approximate surface area is 166 Å². The summed E-state index contributed by atoms with van der Waals surface area (Å²) in [6.07, 6.45) is 12.8. The van der Waals surface area contributed by atoms with Crippen LogP contribution in [0, 0.1) is 10.1 Å². The molecule has 0 aliphatic heterocycles. The number of carbonyl (C=O) groups excluding carboxylic acids is 1. The van der Waals surface area contributed by atoms with Gasteiger partial charge in [0.2, 0.25) is 5.78 Å². The van der Waals surface area contributed by atoms with E-state index in [1.165, 1.54) is 25.7 Å². The van der Waals surface area contributed by atoms with E-state index in [0.717, 1.165) is 44.9 Å². The summed E-state index contributed by atoms with van der Waals surface area (Å²) in [6, 6.07) is -0.957. The minimum absolute atomic E-state index is 0. The average Bonchev–Trinajstić information content (AvgIpc) is 2.45. The zero-order valence-electron chi connectivity index (χ0n) is 14.6. The van der Waals surface area contributed by atoms with Gasteiger partial charge in [0, 0.05) is 17.8 Å². The third-order valence-corrected chi connectivity index (χ3v) is 3.98. The minimum atomic E-state index is -0.957. The Morgan fingerprint density at radius 1 is 0.864 bits per heavy atom. The van der Waals surface area contributed by atoms with Gasteiger partial charge in [-0.1, -0.05) is 71.6 Å². The van der Waals surface area contributed by atoms with Crippen LogP contribution >= 0.6 is 0 Å². The van der Waals surface area contributed by atoms with Crippen LogP contribution in [0.25, 0.3) is 0 Å². The Morgan fingerprint density at radius 3 is 1.82 bits per heavy atom. The molecule has 0 radical (unpaired) electrons. The van der Waals surface area contributed by atoms with Crippen molar-refractivity contribution in [1.82, 2.24) is 0 Å². The maximum atomic E-state index is 11.9. The van der Waals surface area contributed by atoms with Crippen LogP contribution in [0.5, 0.6) is 0 Å². The van der Waals surface area contributed by atoms with Crippen LogP contribution in [0.2, 0.25) is 0 Å². The number of unbranched alkanes of at least 4 members (excludes halogenated alkanes) is 9. The fourth-order valence-electron chi connectivity index (χ4n) is 2.57. The van der Waals surface area contributed by atoms with Crippen molar-refractivity contribution in [2.45, 2.75) is 103 Å². The summed E-state index contributed by atoms with van der Waals surface area (Å²) in [6.45, 7) is 4.30. The van der Waals surface area contributed by atoms with Crippen molar-refractivity contribution in [2.24, 2.45) is 0 Å². The third-order valence-electron chi connectivity index (χ3n) is 3.98. The van der Waals surface area contributed by atoms with Gasteiger partial charge < -0.3 is 0 Å². The van der Waals surface area contributed by atoms with Gasteiger partial charge in [0.25, 0.3) is 6.04 Å². The van der Waals surface area contributed by atoms with Gasteiger partial charge in [0.05, 0.1) is 0 Å². The van der Waals surface area contributed by atoms with Gasteiger partial charge in [-0.2, -0.15) is 0 Å². The molecule has 0 aromatic heterocycles. The molecule has 0 aromatic rings. The van der Waals surface area contributed by atoms with Crippen LogP contribution in [0.1, 0.15) is 97.3 Å². The standard InChI is InChI=1S/C17H33NO3.Ca/c1-3-5-7-9-10-11-13-15-17(19)16(18(20)21)14-12-8-6-4-2;/h16H,3-15H2,1-2H3;/q;+2. The smallest absolute Gasteiger partial charge is 0.292 e. The van der Waals surface area contributed by atoms with Crippen LogP contribution in [0.4, 0.5) is 0 Å². The number of ketones is 1. The Bertz CT molecular complexity index is 285. The van der Waals surface area contributed by atoms with Crippen LogP contribution in [0.15, 0.2) is 0 Å². The van der Waals surface area contributed by atoms with E-state index >= 15 is 0 Å². The van der Waals surface area contributed by atoms with Gasteiger partial charge in [0.15, 0.2) is 0 Å². The van der Waals surface area contributed by atoms with Crippen LogP contribution in [0.3, 0.4) is 0 Å². The van der Waals surface area contributed by atoms with E-state index in [-0.39, 0.29) is 48.4 Å². The van der Waals surface area contributed by atoms with Gasteiger partial charge in [-0.25, -0.2) is 0 Å². The number of Topliss-reactive ketones (excluding diaryl/α,β-unsaturated/α-hetero) is 1. The molecule has 1 atom stereocenters. The molecule has 5 heteroatoms. The summed E-state index contributed by atoms with van der Waals surface area (Å²) >= 11 is 0. The molecule has 0 N–H and O–H groups in total. The van der Waals surface area contributed by atoms with Crippen molar-refractivity contribution in [2.75, 3.05) is 0 Å². The van der Waals surface area contributed by atoms with Crippen LogP contribution in [-0.4, -0.2) is 54.5 Å². The second kappa shape index (κ2) is 17.7. The predicted molar refractivity (Wildman–Crippen MR) is 92.9 cm³/mol. The number of carbonyl (C=O) groups is 1. The van der Waals surface area contributed by atoms with E-state index < -0.39 is 6.04 Å². The molecular formula is C17H33CaNO3+2. The zero-order chi connectivity index (χ0) is 15.9. The summed E-state index contributed by atoms with van der Waals surface area (Å²) in [5.41, 5.74) is 0. The van der Waals surface area contributed by atoms with Crippen molar-refractivity contribution in [1.29, 1.82) is 0 Å². The molecule has 22 heavy (non-hydrogen) atoms. The number of hydrogen-bond acceptors (Lipinski definition) is 3. The molecule has 0 rings (SSSR count). The Balaban J connectivity index is 0. The third kappa shape index (κ3) is 14.0. The first-order valence-electron chi connectivity index (χ1n) is 8.79. The van der Waals surface area contributed by atoms with Crippen LogP contribution in [-0.2, 0) is 4.79 Å². The molecule has 0 fully saturated rings. The van der Waals surface area contributed by atoms with Crippen molar-refractivity contribution >= 4 is 43.5 Å². The van der Waals surface area contributed by atoms with Crippen LogP contribution < -0.4 is 0 Å². The number of rotatable bonds is 15. The first-order chi connectivity index (χ1) is 10.1. The SMILES string of the molecule is CCCCCCCCCC(=O)C(CCCCCC)[N+](=O)[O-].[Ca+2]. The predicted octanol–water partition coefficient (Wildman–Crippen LogP) is 4.93. The minimum Gasteiger partial charge on any atom is -0.292 e. The number of hydrogen-bond donors (Lipinski definition) is 0. The zero-order valence-corrected chi connectivity index (χ0v) is 16.9. The number of nitro groups is 1. The largest absolute Gasteiger partial charge is 2.00 e. The second-order valence-electron chi connectivity index (χ2n) is 5.99. The quantitative estimate of drug-likeness (QED) is 0.184. The van der Waals surface area contributed by atoms with Gasteiger partial charge >= 0.3 is 37.7 Å². The summed E-state index contributed by atoms with van der Waals surface area (Å²) in [7, 11) is 0. The fourth-order valence-corrected chi connectivity index (χ4v) is 2.57. The molecule has 0 amide bonds. The molecular weight excluding hydrogens is 306 g/mol. The molecule has 0 bridgehead atoms. The van der Waals surface area contributed by atoms with E-state index in [4.69, 9.17) is 0 Å². The summed E-state index contributed by atoms with van der Waals surface area (Å²) < 4.78 is 0. The normalized spacial score (nSPS) is 11.7. The molecule has 0 aliphatic rings. The van der Waals surface area contributed by atoms with E-state index in [2.05, 4.69) is 13.8 Å². The average molecular weight is 340 g/mol. The second-order valence-corrected chi connectivity index (χ2v) is 5.99. The summed E-state index contributed by atoms with van der Waals surface area (Å²) in [5.74, 6) is -0.162. The molecule has 4 nitrogen and oxygen atoms in total. The van der Waals surface area contributed by atoms with Gasteiger partial charge in [-0.3, -0.25) is 14.9 Å².